The Hall–Kier alpha value is -1.71. The van der Waals surface area contributed by atoms with Crippen LogP contribution in [0.25, 0.3) is 0 Å². The Morgan fingerprint density at radius 1 is 1.00 bits per heavy atom. The number of benzene rings is 2. The lowest BCUT2D eigenvalue weighted by Gasteiger charge is -2.40. The van der Waals surface area contributed by atoms with Crippen molar-refractivity contribution in [1.82, 2.24) is 0 Å². The van der Waals surface area contributed by atoms with Gasteiger partial charge in [-0.25, -0.2) is 0 Å². The third kappa shape index (κ3) is 5.31. The second kappa shape index (κ2) is 10.5. The molecular weight excluding hydrogens is 412 g/mol. The molecule has 1 saturated heterocycles. The topological polar surface area (TPSA) is 109 Å². The van der Waals surface area contributed by atoms with Crippen LogP contribution in [-0.4, -0.2) is 64.8 Å². The van der Waals surface area contributed by atoms with Crippen molar-refractivity contribution in [2.75, 3.05) is 19.8 Å². The Kier molecular flexibility index (Phi) is 8.07. The molecule has 1 heterocycles. The van der Waals surface area contributed by atoms with Crippen LogP contribution in [0.15, 0.2) is 42.5 Å². The van der Waals surface area contributed by atoms with Gasteiger partial charge in [0.05, 0.1) is 19.8 Å². The smallest absolute Gasteiger partial charge is 0.187 e. The fourth-order valence-corrected chi connectivity index (χ4v) is 3.61. The summed E-state index contributed by atoms with van der Waals surface area (Å²) >= 11 is 6.38. The zero-order chi connectivity index (χ0) is 21.7. The maximum atomic E-state index is 10.4. The summed E-state index contributed by atoms with van der Waals surface area (Å²) in [5.41, 5.74) is 2.45. The zero-order valence-corrected chi connectivity index (χ0v) is 17.4. The van der Waals surface area contributed by atoms with Gasteiger partial charge in [0.25, 0.3) is 0 Å². The molecule has 0 amide bonds. The molecule has 3 rings (SSSR count). The molecule has 0 saturated carbocycles. The summed E-state index contributed by atoms with van der Waals surface area (Å²) in [5, 5.41) is 40.2. The minimum absolute atomic E-state index is 0.0686. The van der Waals surface area contributed by atoms with E-state index in [0.717, 1.165) is 16.9 Å². The van der Waals surface area contributed by atoms with Gasteiger partial charge >= 0.3 is 0 Å². The van der Waals surface area contributed by atoms with E-state index in [4.69, 9.17) is 30.9 Å². The first-order valence-corrected chi connectivity index (χ1v) is 10.2. The van der Waals surface area contributed by atoms with E-state index in [1.54, 1.807) is 18.2 Å². The molecule has 0 bridgehead atoms. The van der Waals surface area contributed by atoms with Crippen LogP contribution in [0.1, 0.15) is 29.7 Å². The molecular formula is C22H27ClO7. The molecule has 8 heteroatoms. The Labute approximate surface area is 180 Å². The molecule has 2 aromatic rings. The van der Waals surface area contributed by atoms with Crippen LogP contribution in [0, 0.1) is 0 Å². The van der Waals surface area contributed by atoms with Crippen molar-refractivity contribution in [2.24, 2.45) is 0 Å². The quantitative estimate of drug-likeness (QED) is 0.497. The van der Waals surface area contributed by atoms with Crippen LogP contribution >= 0.6 is 11.6 Å². The minimum Gasteiger partial charge on any atom is -0.494 e. The molecule has 7 nitrogen and oxygen atoms in total. The van der Waals surface area contributed by atoms with Crippen molar-refractivity contribution in [3.05, 3.63) is 64.2 Å². The van der Waals surface area contributed by atoms with E-state index in [0.29, 0.717) is 23.6 Å². The van der Waals surface area contributed by atoms with E-state index in [2.05, 4.69) is 0 Å². The molecule has 0 unspecified atom stereocenters. The van der Waals surface area contributed by atoms with Gasteiger partial charge in [-0.1, -0.05) is 35.9 Å². The fraction of sp³-hybridized carbons (Fsp3) is 0.455. The molecule has 1 aliphatic rings. The molecule has 1 fully saturated rings. The average Bonchev–Trinajstić information content (AvgIpc) is 2.75. The Bertz CT molecular complexity index is 814. The summed E-state index contributed by atoms with van der Waals surface area (Å²) in [4.78, 5) is 0. The highest BCUT2D eigenvalue weighted by atomic mass is 35.5. The Morgan fingerprint density at radius 3 is 2.40 bits per heavy atom. The van der Waals surface area contributed by atoms with Crippen LogP contribution in [0.2, 0.25) is 5.02 Å². The minimum atomic E-state index is -1.46. The van der Waals surface area contributed by atoms with E-state index in [-0.39, 0.29) is 13.2 Å². The van der Waals surface area contributed by atoms with Crippen molar-refractivity contribution in [1.29, 1.82) is 0 Å². The predicted octanol–water partition coefficient (Wildman–Crippen LogP) is 1.82. The van der Waals surface area contributed by atoms with Gasteiger partial charge < -0.3 is 34.6 Å². The average molecular weight is 439 g/mol. The second-order valence-electron chi connectivity index (χ2n) is 7.10. The van der Waals surface area contributed by atoms with Crippen LogP contribution in [0.5, 0.6) is 5.75 Å². The first-order chi connectivity index (χ1) is 14.4. The Balaban J connectivity index is 1.80. The number of ether oxygens (including phenoxy) is 3. The number of hydrogen-bond acceptors (Lipinski definition) is 7. The van der Waals surface area contributed by atoms with Gasteiger partial charge in [-0.15, -0.1) is 0 Å². The summed E-state index contributed by atoms with van der Waals surface area (Å²) < 4.78 is 16.4. The van der Waals surface area contributed by atoms with Crippen LogP contribution in [0.4, 0.5) is 0 Å². The van der Waals surface area contributed by atoms with Crippen molar-refractivity contribution < 1.29 is 34.6 Å². The van der Waals surface area contributed by atoms with Gasteiger partial charge in [0, 0.05) is 5.02 Å². The van der Waals surface area contributed by atoms with Gasteiger partial charge in [0.15, 0.2) is 6.29 Å². The van der Waals surface area contributed by atoms with Crippen molar-refractivity contribution >= 4 is 11.6 Å². The second-order valence-corrected chi connectivity index (χ2v) is 7.50. The van der Waals surface area contributed by atoms with E-state index in [1.165, 1.54) is 0 Å². The highest BCUT2D eigenvalue weighted by Gasteiger charge is 2.44. The molecule has 5 atom stereocenters. The summed E-state index contributed by atoms with van der Waals surface area (Å²) in [5.74, 6) is 0.793. The van der Waals surface area contributed by atoms with Crippen LogP contribution in [-0.2, 0) is 15.9 Å². The van der Waals surface area contributed by atoms with Gasteiger partial charge in [0.1, 0.15) is 30.2 Å². The maximum Gasteiger partial charge on any atom is 0.187 e. The first-order valence-electron chi connectivity index (χ1n) is 9.86. The summed E-state index contributed by atoms with van der Waals surface area (Å²) in [6, 6.07) is 12.9. The lowest BCUT2D eigenvalue weighted by Crippen LogP contribution is -2.55. The van der Waals surface area contributed by atoms with Gasteiger partial charge in [0.2, 0.25) is 0 Å². The number of aliphatic hydroxyl groups is 4. The maximum absolute atomic E-state index is 10.4. The van der Waals surface area contributed by atoms with Crippen LogP contribution < -0.4 is 4.74 Å². The number of rotatable bonds is 8. The van der Waals surface area contributed by atoms with Crippen LogP contribution in [0.3, 0.4) is 0 Å². The monoisotopic (exact) mass is 438 g/mol. The van der Waals surface area contributed by atoms with E-state index in [9.17, 15) is 15.3 Å². The summed E-state index contributed by atoms with van der Waals surface area (Å²) in [7, 11) is 0. The summed E-state index contributed by atoms with van der Waals surface area (Å²) in [6.07, 6.45) is -5.80. The standard InChI is InChI=1S/C22H27ClO7/c1-2-28-16-6-3-13(4-7-16)11-15-12-14(5-8-17(15)23)21-19(26)18(25)20(27)22(30-21)29-10-9-24/h3-8,12,18-22,24-27H,2,9-11H2,1H3/t18-,19-,20+,21+,22-/m1/s1. The van der Waals surface area contributed by atoms with E-state index < -0.39 is 30.7 Å². The van der Waals surface area contributed by atoms with E-state index in [1.807, 2.05) is 31.2 Å². The predicted molar refractivity (Wildman–Crippen MR) is 111 cm³/mol. The molecule has 0 radical (unpaired) electrons. The first kappa shape index (κ1) is 23.0. The molecule has 0 aliphatic carbocycles. The zero-order valence-electron chi connectivity index (χ0n) is 16.6. The van der Waals surface area contributed by atoms with E-state index >= 15 is 0 Å². The molecule has 2 aromatic carbocycles. The highest BCUT2D eigenvalue weighted by molar-refractivity contribution is 6.31. The van der Waals surface area contributed by atoms with Gasteiger partial charge in [-0.3, -0.25) is 0 Å². The SMILES string of the molecule is CCOc1ccc(Cc2cc([C@@H]3O[C@@H](OCCO)[C@@H](O)[C@H](O)[C@H]3O)ccc2Cl)cc1. The molecule has 164 valence electrons. The molecule has 0 aromatic heterocycles. The fourth-order valence-electron chi connectivity index (χ4n) is 3.43. The lowest BCUT2D eigenvalue weighted by atomic mass is 9.92. The molecule has 0 spiro atoms. The normalized spacial score (nSPS) is 26.5. The highest BCUT2D eigenvalue weighted by Crippen LogP contribution is 2.35. The van der Waals surface area contributed by atoms with Crippen molar-refractivity contribution in [3.8, 4) is 5.75 Å². The molecule has 1 aliphatic heterocycles. The lowest BCUT2D eigenvalue weighted by molar-refractivity contribution is -0.300. The number of hydrogen-bond donors (Lipinski definition) is 4. The van der Waals surface area contributed by atoms with Gasteiger partial charge in [-0.2, -0.15) is 0 Å². The Morgan fingerprint density at radius 2 is 1.73 bits per heavy atom. The van der Waals surface area contributed by atoms with Gasteiger partial charge in [-0.05, 0) is 48.2 Å². The third-order valence-corrected chi connectivity index (χ3v) is 5.34. The molecule has 30 heavy (non-hydrogen) atoms. The largest absolute Gasteiger partial charge is 0.494 e. The van der Waals surface area contributed by atoms with Crippen molar-refractivity contribution in [2.45, 2.75) is 44.1 Å². The van der Waals surface area contributed by atoms with Crippen molar-refractivity contribution in [3.63, 3.8) is 0 Å². The number of aliphatic hydroxyl groups excluding tert-OH is 4. The number of halogens is 1. The third-order valence-electron chi connectivity index (χ3n) is 4.97. The summed E-state index contributed by atoms with van der Waals surface area (Å²) in [6.45, 7) is 2.20. The molecule has 4 N–H and O–H groups in total.